The summed E-state index contributed by atoms with van der Waals surface area (Å²) in [6, 6.07) is 3.58. The highest BCUT2D eigenvalue weighted by Gasteiger charge is 2.31. The Morgan fingerprint density at radius 1 is 1.19 bits per heavy atom. The van der Waals surface area contributed by atoms with Crippen molar-refractivity contribution in [1.29, 1.82) is 0 Å². The molecule has 21 heavy (non-hydrogen) atoms. The lowest BCUT2D eigenvalue weighted by Crippen LogP contribution is -2.22. The van der Waals surface area contributed by atoms with E-state index in [-0.39, 0.29) is 23.6 Å². The molecule has 0 radical (unpaired) electrons. The number of nitrogens with zero attached hydrogens (tertiary/aromatic N) is 2. The van der Waals surface area contributed by atoms with Gasteiger partial charge >= 0.3 is 6.18 Å². The second-order valence-electron chi connectivity index (χ2n) is 5.50. The van der Waals surface area contributed by atoms with Gasteiger partial charge in [-0.1, -0.05) is 0 Å². The van der Waals surface area contributed by atoms with Crippen molar-refractivity contribution in [2.45, 2.75) is 44.0 Å². The Morgan fingerprint density at radius 3 is 2.48 bits per heavy atom. The number of anilines is 1. The fraction of sp³-hybridized carbons (Fsp3) is 0.500. The molecule has 0 atom stereocenters. The molecule has 114 valence electrons. The minimum atomic E-state index is -4.39. The topological polar surface area (TPSA) is 64.1 Å². The van der Waals surface area contributed by atoms with Crippen LogP contribution in [0, 0.1) is 0 Å². The number of aromatic nitrogens is 2. The fourth-order valence-electron chi connectivity index (χ4n) is 2.99. The molecule has 3 rings (SSSR count). The first-order chi connectivity index (χ1) is 9.86. The van der Waals surface area contributed by atoms with Gasteiger partial charge in [0, 0.05) is 6.04 Å². The second-order valence-corrected chi connectivity index (χ2v) is 5.50. The van der Waals surface area contributed by atoms with Crippen molar-refractivity contribution in [1.82, 2.24) is 9.55 Å². The highest BCUT2D eigenvalue weighted by atomic mass is 19.4. The van der Waals surface area contributed by atoms with Crippen LogP contribution in [0.3, 0.4) is 0 Å². The Hall–Kier alpha value is -1.76. The molecular formula is C14H16F3N3O. The van der Waals surface area contributed by atoms with E-state index in [2.05, 4.69) is 4.98 Å². The zero-order chi connectivity index (χ0) is 15.2. The third-order valence-electron chi connectivity index (χ3n) is 4.08. The zero-order valence-electron chi connectivity index (χ0n) is 11.3. The third-order valence-corrected chi connectivity index (χ3v) is 4.08. The maximum Gasteiger partial charge on any atom is 0.416 e. The molecule has 1 heterocycles. The Morgan fingerprint density at radius 2 is 1.86 bits per heavy atom. The largest absolute Gasteiger partial charge is 0.416 e. The maximum atomic E-state index is 12.7. The van der Waals surface area contributed by atoms with Gasteiger partial charge in [0.15, 0.2) is 0 Å². The molecule has 0 unspecified atom stereocenters. The van der Waals surface area contributed by atoms with Gasteiger partial charge in [0.1, 0.15) is 0 Å². The van der Waals surface area contributed by atoms with E-state index in [1.807, 2.05) is 0 Å². The molecule has 7 heteroatoms. The standard InChI is InChI=1S/C14H16F3N3O/c15-14(16,17)8-1-6-12-11(7-8)19-13(18)20(12)9-2-4-10(21)5-3-9/h1,6-7,9-10,21H,2-5H2,(H2,18,19). The molecule has 0 saturated heterocycles. The van der Waals surface area contributed by atoms with Crippen LogP contribution in [-0.4, -0.2) is 20.8 Å². The van der Waals surface area contributed by atoms with Gasteiger partial charge in [-0.05, 0) is 43.9 Å². The van der Waals surface area contributed by atoms with Gasteiger partial charge in [0.2, 0.25) is 5.95 Å². The van der Waals surface area contributed by atoms with E-state index < -0.39 is 11.7 Å². The van der Waals surface area contributed by atoms with E-state index in [1.54, 1.807) is 4.57 Å². The van der Waals surface area contributed by atoms with Crippen LogP contribution in [0.15, 0.2) is 18.2 Å². The summed E-state index contributed by atoms with van der Waals surface area (Å²) >= 11 is 0. The van der Waals surface area contributed by atoms with Crippen LogP contribution in [0.5, 0.6) is 0 Å². The first kappa shape index (κ1) is 14.2. The maximum absolute atomic E-state index is 12.7. The van der Waals surface area contributed by atoms with Crippen molar-refractivity contribution in [3.63, 3.8) is 0 Å². The number of hydrogen-bond donors (Lipinski definition) is 2. The summed E-state index contributed by atoms with van der Waals surface area (Å²) in [6.45, 7) is 0. The Labute approximate surface area is 119 Å². The van der Waals surface area contributed by atoms with E-state index in [0.29, 0.717) is 18.4 Å². The van der Waals surface area contributed by atoms with Crippen molar-refractivity contribution >= 4 is 17.0 Å². The average Bonchev–Trinajstić information content (AvgIpc) is 2.74. The summed E-state index contributed by atoms with van der Waals surface area (Å²) in [6.07, 6.45) is -1.85. The van der Waals surface area contributed by atoms with Gasteiger partial charge in [0.25, 0.3) is 0 Å². The highest BCUT2D eigenvalue weighted by molar-refractivity contribution is 5.79. The van der Waals surface area contributed by atoms with Gasteiger partial charge in [-0.15, -0.1) is 0 Å². The Bertz CT molecular complexity index is 657. The van der Waals surface area contributed by atoms with E-state index in [0.717, 1.165) is 25.0 Å². The first-order valence-corrected chi connectivity index (χ1v) is 6.89. The summed E-state index contributed by atoms with van der Waals surface area (Å²) < 4.78 is 40.0. The van der Waals surface area contributed by atoms with E-state index >= 15 is 0 Å². The molecule has 1 aliphatic rings. The smallest absolute Gasteiger partial charge is 0.393 e. The van der Waals surface area contributed by atoms with Crippen LogP contribution < -0.4 is 5.73 Å². The molecule has 0 aliphatic heterocycles. The van der Waals surface area contributed by atoms with Gasteiger partial charge in [0.05, 0.1) is 22.7 Å². The van der Waals surface area contributed by atoms with Crippen molar-refractivity contribution in [2.24, 2.45) is 0 Å². The zero-order valence-corrected chi connectivity index (χ0v) is 11.3. The minimum Gasteiger partial charge on any atom is -0.393 e. The molecule has 3 N–H and O–H groups in total. The van der Waals surface area contributed by atoms with Crippen LogP contribution >= 0.6 is 0 Å². The quantitative estimate of drug-likeness (QED) is 0.850. The SMILES string of the molecule is Nc1nc2cc(C(F)(F)F)ccc2n1C1CCC(O)CC1. The molecule has 1 aliphatic carbocycles. The minimum absolute atomic E-state index is 0.0788. The van der Waals surface area contributed by atoms with Crippen molar-refractivity contribution in [3.8, 4) is 0 Å². The average molecular weight is 299 g/mol. The number of rotatable bonds is 1. The molecule has 1 fully saturated rings. The van der Waals surface area contributed by atoms with E-state index in [9.17, 15) is 18.3 Å². The van der Waals surface area contributed by atoms with E-state index in [1.165, 1.54) is 6.07 Å². The molecule has 0 bridgehead atoms. The molecule has 0 spiro atoms. The van der Waals surface area contributed by atoms with Gasteiger partial charge in [-0.2, -0.15) is 13.2 Å². The van der Waals surface area contributed by atoms with Crippen LogP contribution in [0.1, 0.15) is 37.3 Å². The molecule has 1 aromatic heterocycles. The van der Waals surface area contributed by atoms with Gasteiger partial charge in [-0.25, -0.2) is 4.98 Å². The molecule has 0 amide bonds. The van der Waals surface area contributed by atoms with Gasteiger partial charge in [-0.3, -0.25) is 0 Å². The summed E-state index contributed by atoms with van der Waals surface area (Å²) in [5, 5.41) is 9.55. The predicted molar refractivity (Wildman–Crippen MR) is 72.7 cm³/mol. The molecule has 4 nitrogen and oxygen atoms in total. The summed E-state index contributed by atoms with van der Waals surface area (Å²) in [5.41, 5.74) is 6.03. The number of imidazole rings is 1. The molecule has 1 saturated carbocycles. The number of aliphatic hydroxyl groups excluding tert-OH is 1. The summed E-state index contributed by atoms with van der Waals surface area (Å²) in [4.78, 5) is 4.06. The lowest BCUT2D eigenvalue weighted by Gasteiger charge is -2.27. The van der Waals surface area contributed by atoms with Crippen LogP contribution in [0.25, 0.3) is 11.0 Å². The molecule has 2 aromatic rings. The lowest BCUT2D eigenvalue weighted by molar-refractivity contribution is -0.137. The predicted octanol–water partition coefficient (Wildman–Crippen LogP) is 3.11. The molecular weight excluding hydrogens is 283 g/mol. The number of alkyl halides is 3. The van der Waals surface area contributed by atoms with Crippen molar-refractivity contribution in [2.75, 3.05) is 5.73 Å². The van der Waals surface area contributed by atoms with Crippen LogP contribution in [-0.2, 0) is 6.18 Å². The number of halogens is 3. The van der Waals surface area contributed by atoms with Crippen molar-refractivity contribution < 1.29 is 18.3 Å². The Kier molecular flexibility index (Phi) is 3.32. The number of nitrogen functional groups attached to an aromatic ring is 1. The number of benzene rings is 1. The van der Waals surface area contributed by atoms with Crippen molar-refractivity contribution in [3.05, 3.63) is 23.8 Å². The van der Waals surface area contributed by atoms with Crippen LogP contribution in [0.2, 0.25) is 0 Å². The number of aliphatic hydroxyl groups is 1. The number of hydrogen-bond acceptors (Lipinski definition) is 3. The third kappa shape index (κ3) is 2.57. The summed E-state index contributed by atoms with van der Waals surface area (Å²) in [5.74, 6) is 0.228. The van der Waals surface area contributed by atoms with Crippen LogP contribution in [0.4, 0.5) is 19.1 Å². The number of nitrogens with two attached hydrogens (primary N) is 1. The van der Waals surface area contributed by atoms with E-state index in [4.69, 9.17) is 5.73 Å². The monoisotopic (exact) mass is 299 g/mol. The summed E-state index contributed by atoms with van der Waals surface area (Å²) in [7, 11) is 0. The lowest BCUT2D eigenvalue weighted by atomic mass is 9.93. The Balaban J connectivity index is 2.02. The van der Waals surface area contributed by atoms with Gasteiger partial charge < -0.3 is 15.4 Å². The highest BCUT2D eigenvalue weighted by Crippen LogP contribution is 2.36. The normalized spacial score (nSPS) is 23.6. The first-order valence-electron chi connectivity index (χ1n) is 6.89. The molecule has 1 aromatic carbocycles. The fourth-order valence-corrected chi connectivity index (χ4v) is 2.99. The number of fused-ring (bicyclic) bond motifs is 1. The second kappa shape index (κ2) is 4.91.